The van der Waals surface area contributed by atoms with Crippen LogP contribution in [-0.4, -0.2) is 37.0 Å². The van der Waals surface area contributed by atoms with Gasteiger partial charge in [0, 0.05) is 24.6 Å². The molecule has 0 unspecified atom stereocenters. The number of aliphatic hydroxyl groups is 1. The van der Waals surface area contributed by atoms with Gasteiger partial charge in [-0.3, -0.25) is 0 Å². The average Bonchev–Trinajstić information content (AvgIpc) is 2.45. The van der Waals surface area contributed by atoms with Crippen molar-refractivity contribution in [3.63, 3.8) is 0 Å². The van der Waals surface area contributed by atoms with E-state index in [0.29, 0.717) is 18.5 Å². The van der Waals surface area contributed by atoms with Crippen LogP contribution in [0.4, 0.5) is 0 Å². The highest BCUT2D eigenvalue weighted by Gasteiger charge is 2.27. The number of nitrogens with zero attached hydrogens (tertiary/aromatic N) is 1. The van der Waals surface area contributed by atoms with E-state index < -0.39 is 10.0 Å². The van der Waals surface area contributed by atoms with E-state index in [1.807, 2.05) is 20.8 Å². The second kappa shape index (κ2) is 8.18. The fourth-order valence-electron chi connectivity index (χ4n) is 2.01. The van der Waals surface area contributed by atoms with Crippen LogP contribution < -0.4 is 0 Å². The Morgan fingerprint density at radius 3 is 2.52 bits per heavy atom. The van der Waals surface area contributed by atoms with Gasteiger partial charge in [-0.15, -0.1) is 0 Å². The smallest absolute Gasteiger partial charge is 0.244 e. The van der Waals surface area contributed by atoms with Gasteiger partial charge in [-0.1, -0.05) is 30.9 Å². The molecule has 5 heteroatoms. The van der Waals surface area contributed by atoms with Gasteiger partial charge in [0.15, 0.2) is 0 Å². The molecule has 0 aliphatic heterocycles. The van der Waals surface area contributed by atoms with Gasteiger partial charge < -0.3 is 5.11 Å². The van der Waals surface area contributed by atoms with Crippen molar-refractivity contribution in [2.24, 2.45) is 0 Å². The van der Waals surface area contributed by atoms with Gasteiger partial charge >= 0.3 is 0 Å². The Hall–Kier alpha value is -1.35. The predicted octanol–water partition coefficient (Wildman–Crippen LogP) is 2.23. The van der Waals surface area contributed by atoms with Crippen molar-refractivity contribution in [1.82, 2.24) is 4.31 Å². The summed E-state index contributed by atoms with van der Waals surface area (Å²) < 4.78 is 27.2. The Bertz CT molecular complexity index is 612. The maximum atomic E-state index is 12.8. The van der Waals surface area contributed by atoms with E-state index in [-0.39, 0.29) is 17.5 Å². The Labute approximate surface area is 127 Å². The molecule has 0 bridgehead atoms. The Kier molecular flexibility index (Phi) is 6.90. The number of rotatable bonds is 6. The molecule has 1 aromatic carbocycles. The van der Waals surface area contributed by atoms with E-state index in [1.165, 1.54) is 4.31 Å². The van der Waals surface area contributed by atoms with Gasteiger partial charge in [0.25, 0.3) is 0 Å². The van der Waals surface area contributed by atoms with Crippen molar-refractivity contribution in [3.05, 3.63) is 29.8 Å². The molecule has 0 amide bonds. The van der Waals surface area contributed by atoms with E-state index in [2.05, 4.69) is 11.8 Å². The van der Waals surface area contributed by atoms with Crippen LogP contribution in [0, 0.1) is 11.8 Å². The Balaban J connectivity index is 3.28. The minimum Gasteiger partial charge on any atom is -0.395 e. The van der Waals surface area contributed by atoms with Gasteiger partial charge in [-0.2, -0.15) is 4.31 Å². The van der Waals surface area contributed by atoms with E-state index >= 15 is 0 Å². The molecule has 0 aliphatic carbocycles. The van der Waals surface area contributed by atoms with Crippen LogP contribution in [0.25, 0.3) is 0 Å². The van der Waals surface area contributed by atoms with Crippen molar-refractivity contribution in [2.75, 3.05) is 13.2 Å². The zero-order valence-corrected chi connectivity index (χ0v) is 13.7. The first-order valence-electron chi connectivity index (χ1n) is 7.15. The van der Waals surface area contributed by atoms with E-state index in [1.54, 1.807) is 24.3 Å². The summed E-state index contributed by atoms with van der Waals surface area (Å²) in [4.78, 5) is 0.234. The largest absolute Gasteiger partial charge is 0.395 e. The summed E-state index contributed by atoms with van der Waals surface area (Å²) in [5, 5.41) is 8.78. The molecular formula is C16H23NO3S. The third kappa shape index (κ3) is 4.57. The van der Waals surface area contributed by atoms with Crippen LogP contribution in [-0.2, 0) is 10.0 Å². The molecule has 0 saturated heterocycles. The number of aliphatic hydroxyl groups excluding tert-OH is 1. The number of benzene rings is 1. The summed E-state index contributed by atoms with van der Waals surface area (Å²) in [6, 6.07) is 6.65. The van der Waals surface area contributed by atoms with Crippen LogP contribution in [0.15, 0.2) is 29.2 Å². The molecular weight excluding hydrogens is 286 g/mol. The van der Waals surface area contributed by atoms with Gasteiger partial charge in [-0.25, -0.2) is 8.42 Å². The van der Waals surface area contributed by atoms with Crippen LogP contribution in [0.2, 0.25) is 0 Å². The molecule has 1 aromatic rings. The first kappa shape index (κ1) is 17.7. The van der Waals surface area contributed by atoms with Crippen molar-refractivity contribution >= 4 is 10.0 Å². The fourth-order valence-corrected chi connectivity index (χ4v) is 3.89. The Morgan fingerprint density at radius 2 is 1.95 bits per heavy atom. The number of hydrogen-bond acceptors (Lipinski definition) is 3. The maximum Gasteiger partial charge on any atom is 0.244 e. The van der Waals surface area contributed by atoms with Crippen molar-refractivity contribution < 1.29 is 13.5 Å². The minimum atomic E-state index is -3.56. The van der Waals surface area contributed by atoms with Crippen LogP contribution >= 0.6 is 0 Å². The molecule has 1 rings (SSSR count). The molecule has 21 heavy (non-hydrogen) atoms. The minimum absolute atomic E-state index is 0.0319. The summed E-state index contributed by atoms with van der Waals surface area (Å²) in [5.74, 6) is 5.62. The number of hydrogen-bond donors (Lipinski definition) is 1. The van der Waals surface area contributed by atoms with Crippen LogP contribution in [0.3, 0.4) is 0 Å². The molecule has 0 radical (unpaired) electrons. The molecule has 0 saturated carbocycles. The normalized spacial score (nSPS) is 11.5. The van der Waals surface area contributed by atoms with E-state index in [9.17, 15) is 8.42 Å². The van der Waals surface area contributed by atoms with E-state index in [4.69, 9.17) is 5.11 Å². The van der Waals surface area contributed by atoms with E-state index in [0.717, 1.165) is 6.42 Å². The van der Waals surface area contributed by atoms with Gasteiger partial charge in [0.2, 0.25) is 10.0 Å². The van der Waals surface area contributed by atoms with Crippen molar-refractivity contribution in [2.45, 2.75) is 44.6 Å². The second-order valence-electron chi connectivity index (χ2n) is 4.98. The molecule has 0 atom stereocenters. The average molecular weight is 309 g/mol. The molecule has 0 aromatic heterocycles. The molecule has 0 spiro atoms. The lowest BCUT2D eigenvalue weighted by Gasteiger charge is -2.25. The van der Waals surface area contributed by atoms with Crippen molar-refractivity contribution in [1.29, 1.82) is 0 Å². The molecule has 116 valence electrons. The lowest BCUT2D eigenvalue weighted by Crippen LogP contribution is -2.37. The molecule has 0 heterocycles. The van der Waals surface area contributed by atoms with Crippen LogP contribution in [0.5, 0.6) is 0 Å². The third-order valence-corrected chi connectivity index (χ3v) is 5.09. The van der Waals surface area contributed by atoms with Gasteiger partial charge in [0.05, 0.1) is 11.5 Å². The predicted molar refractivity (Wildman–Crippen MR) is 84.3 cm³/mol. The highest BCUT2D eigenvalue weighted by Crippen LogP contribution is 2.21. The summed E-state index contributed by atoms with van der Waals surface area (Å²) in [5.41, 5.74) is 0.479. The van der Waals surface area contributed by atoms with Gasteiger partial charge in [-0.05, 0) is 32.4 Å². The Morgan fingerprint density at radius 1 is 1.29 bits per heavy atom. The fraction of sp³-hybridized carbons (Fsp3) is 0.500. The topological polar surface area (TPSA) is 57.6 Å². The molecule has 4 nitrogen and oxygen atoms in total. The molecule has 0 fully saturated rings. The van der Waals surface area contributed by atoms with Crippen molar-refractivity contribution in [3.8, 4) is 11.8 Å². The highest BCUT2D eigenvalue weighted by atomic mass is 32.2. The first-order chi connectivity index (χ1) is 9.95. The summed E-state index contributed by atoms with van der Waals surface area (Å²) >= 11 is 0. The SMILES string of the molecule is CCCN(C(C)C)S(=O)(=O)c1ccccc1C#CCCO. The summed E-state index contributed by atoms with van der Waals surface area (Å²) in [6.07, 6.45) is 1.09. The zero-order chi connectivity index (χ0) is 15.9. The van der Waals surface area contributed by atoms with Gasteiger partial charge in [0.1, 0.15) is 0 Å². The highest BCUT2D eigenvalue weighted by molar-refractivity contribution is 7.89. The lowest BCUT2D eigenvalue weighted by atomic mass is 10.2. The lowest BCUT2D eigenvalue weighted by molar-refractivity contribution is 0.305. The van der Waals surface area contributed by atoms with Crippen LogP contribution in [0.1, 0.15) is 39.2 Å². The maximum absolute atomic E-state index is 12.8. The number of sulfonamides is 1. The monoisotopic (exact) mass is 309 g/mol. The summed E-state index contributed by atoms with van der Waals surface area (Å²) in [7, 11) is -3.56. The molecule has 1 N–H and O–H groups in total. The third-order valence-electron chi connectivity index (χ3n) is 2.95. The zero-order valence-electron chi connectivity index (χ0n) is 12.8. The second-order valence-corrected chi connectivity index (χ2v) is 6.84. The standard InChI is InChI=1S/C16H23NO3S/c1-4-12-17(14(2)3)21(19,20)16-11-6-5-9-15(16)10-7-8-13-18/h5-6,9,11,14,18H,4,8,12-13H2,1-3H3. The quantitative estimate of drug-likeness (QED) is 0.820. The first-order valence-corrected chi connectivity index (χ1v) is 8.59. The molecule has 0 aliphatic rings. The summed E-state index contributed by atoms with van der Waals surface area (Å²) in [6.45, 7) is 6.15.